The van der Waals surface area contributed by atoms with E-state index in [2.05, 4.69) is 21.0 Å². The van der Waals surface area contributed by atoms with E-state index in [0.717, 1.165) is 35.3 Å². The Kier molecular flexibility index (Phi) is 3.94. The van der Waals surface area contributed by atoms with Gasteiger partial charge in [-0.05, 0) is 37.1 Å². The number of carbonyl (C=O) groups excluding carboxylic acids is 2. The van der Waals surface area contributed by atoms with Gasteiger partial charge in [-0.15, -0.1) is 0 Å². The molecule has 1 aliphatic carbocycles. The molecule has 160 valence electrons. The van der Waals surface area contributed by atoms with Crippen LogP contribution in [0.1, 0.15) is 18.4 Å². The smallest absolute Gasteiger partial charge is 0.326 e. The topological polar surface area (TPSA) is 115 Å². The molecule has 0 radical (unpaired) electrons. The fraction of sp³-hybridized carbons (Fsp3) is 0.182. The molecule has 1 saturated carbocycles. The number of methoxy groups -OCH3 is 1. The Morgan fingerprint density at radius 3 is 2.81 bits per heavy atom. The number of amides is 3. The van der Waals surface area contributed by atoms with Crippen molar-refractivity contribution in [3.63, 3.8) is 0 Å². The Morgan fingerprint density at radius 1 is 1.19 bits per heavy atom. The number of hydrogen-bond acceptors (Lipinski definition) is 6. The number of rotatable bonds is 5. The Hall–Kier alpha value is -4.34. The van der Waals surface area contributed by atoms with E-state index in [1.807, 2.05) is 41.1 Å². The summed E-state index contributed by atoms with van der Waals surface area (Å²) in [4.78, 5) is 28.3. The van der Waals surface area contributed by atoms with Gasteiger partial charge in [-0.2, -0.15) is 9.61 Å². The van der Waals surface area contributed by atoms with E-state index in [1.54, 1.807) is 23.9 Å². The highest BCUT2D eigenvalue weighted by Gasteiger charge is 2.25. The number of hydrogen-bond donors (Lipinski definition) is 3. The second-order valence-corrected chi connectivity index (χ2v) is 7.83. The van der Waals surface area contributed by atoms with Crippen LogP contribution in [0.25, 0.3) is 28.4 Å². The monoisotopic (exact) mass is 429 g/mol. The van der Waals surface area contributed by atoms with E-state index < -0.39 is 11.9 Å². The molecule has 4 aromatic rings. The molecule has 1 aliphatic heterocycles. The van der Waals surface area contributed by atoms with Gasteiger partial charge in [0.1, 0.15) is 23.1 Å². The second-order valence-electron chi connectivity index (χ2n) is 7.83. The van der Waals surface area contributed by atoms with Crippen LogP contribution in [0.2, 0.25) is 0 Å². The summed E-state index contributed by atoms with van der Waals surface area (Å²) in [6.45, 7) is 0. The molecule has 1 aromatic carbocycles. The summed E-state index contributed by atoms with van der Waals surface area (Å²) in [7, 11) is 1.64. The zero-order valence-corrected chi connectivity index (χ0v) is 17.1. The molecule has 10 heteroatoms. The van der Waals surface area contributed by atoms with Gasteiger partial charge in [-0.1, -0.05) is 0 Å². The molecule has 10 nitrogen and oxygen atoms in total. The predicted molar refractivity (Wildman–Crippen MR) is 118 cm³/mol. The minimum Gasteiger partial charge on any atom is -0.497 e. The molecule has 3 aromatic heterocycles. The summed E-state index contributed by atoms with van der Waals surface area (Å²) >= 11 is 0. The van der Waals surface area contributed by atoms with Crippen LogP contribution in [0.4, 0.5) is 10.6 Å². The van der Waals surface area contributed by atoms with Crippen molar-refractivity contribution in [1.82, 2.24) is 29.8 Å². The summed E-state index contributed by atoms with van der Waals surface area (Å²) in [6.07, 6.45) is 7.38. The molecule has 0 unspecified atom stereocenters. The normalized spacial score (nSPS) is 17.2. The predicted octanol–water partition coefficient (Wildman–Crippen LogP) is 2.44. The van der Waals surface area contributed by atoms with E-state index in [4.69, 9.17) is 9.72 Å². The first-order valence-corrected chi connectivity index (χ1v) is 10.2. The van der Waals surface area contributed by atoms with Crippen molar-refractivity contribution in [3.8, 4) is 11.6 Å². The second kappa shape index (κ2) is 6.84. The van der Waals surface area contributed by atoms with Gasteiger partial charge in [0.15, 0.2) is 5.65 Å². The van der Waals surface area contributed by atoms with Crippen LogP contribution in [-0.4, -0.2) is 44.3 Å². The largest absolute Gasteiger partial charge is 0.497 e. The highest BCUT2D eigenvalue weighted by atomic mass is 16.5. The van der Waals surface area contributed by atoms with Crippen molar-refractivity contribution in [2.75, 3.05) is 12.4 Å². The molecule has 1 saturated heterocycles. The van der Waals surface area contributed by atoms with E-state index in [9.17, 15) is 9.59 Å². The van der Waals surface area contributed by atoms with Crippen molar-refractivity contribution >= 4 is 40.4 Å². The van der Waals surface area contributed by atoms with Gasteiger partial charge in [0, 0.05) is 35.3 Å². The van der Waals surface area contributed by atoms with Crippen LogP contribution in [-0.2, 0) is 4.79 Å². The molecule has 32 heavy (non-hydrogen) atoms. The number of carbonyl (C=O) groups is 2. The molecule has 2 aliphatic rings. The molecule has 6 rings (SSSR count). The van der Waals surface area contributed by atoms with Crippen molar-refractivity contribution in [2.45, 2.75) is 18.9 Å². The van der Waals surface area contributed by atoms with E-state index in [1.165, 1.54) is 0 Å². The van der Waals surface area contributed by atoms with Crippen molar-refractivity contribution in [3.05, 3.63) is 54.0 Å². The molecular formula is C22H19N7O3. The fourth-order valence-corrected chi connectivity index (χ4v) is 3.80. The number of ether oxygens (including phenoxy) is 1. The van der Waals surface area contributed by atoms with Gasteiger partial charge in [-0.25, -0.2) is 9.78 Å². The zero-order valence-electron chi connectivity index (χ0n) is 17.1. The maximum atomic E-state index is 12.0. The summed E-state index contributed by atoms with van der Waals surface area (Å²) in [6, 6.07) is 9.72. The minimum atomic E-state index is -0.546. The van der Waals surface area contributed by atoms with Crippen LogP contribution >= 0.6 is 0 Å². The van der Waals surface area contributed by atoms with Gasteiger partial charge >= 0.3 is 6.03 Å². The maximum absolute atomic E-state index is 12.0. The first-order valence-electron chi connectivity index (χ1n) is 10.2. The lowest BCUT2D eigenvalue weighted by Crippen LogP contribution is -2.22. The number of anilines is 1. The number of imide groups is 1. The first-order chi connectivity index (χ1) is 15.6. The fourth-order valence-electron chi connectivity index (χ4n) is 3.80. The van der Waals surface area contributed by atoms with Gasteiger partial charge < -0.3 is 19.9 Å². The number of nitrogens with one attached hydrogen (secondary N) is 3. The Bertz CT molecular complexity index is 1440. The van der Waals surface area contributed by atoms with Crippen LogP contribution < -0.4 is 20.7 Å². The standard InChI is InChI=1S/C22H19N7O3/c1-32-15-5-2-12-6-7-28(17(12)9-15)18-10-19(24-14-3-4-14)29-20(26-18)13(11-23-29)8-16-21(30)27-22(31)25-16/h2,5-11,14,24H,3-4H2,1H3,(H2,25,27,30,31)/b16-8-. The lowest BCUT2D eigenvalue weighted by atomic mass is 10.2. The zero-order chi connectivity index (χ0) is 21.8. The van der Waals surface area contributed by atoms with Crippen LogP contribution in [0.15, 0.2) is 48.4 Å². The Balaban J connectivity index is 1.54. The minimum absolute atomic E-state index is 0.157. The average Bonchev–Trinajstić information content (AvgIpc) is 3.21. The maximum Gasteiger partial charge on any atom is 0.326 e. The van der Waals surface area contributed by atoms with E-state index >= 15 is 0 Å². The molecule has 0 bridgehead atoms. The third-order valence-electron chi connectivity index (χ3n) is 5.58. The van der Waals surface area contributed by atoms with Gasteiger partial charge in [-0.3, -0.25) is 10.1 Å². The van der Waals surface area contributed by atoms with E-state index in [-0.39, 0.29) is 5.70 Å². The number of benzene rings is 1. The molecule has 4 heterocycles. The molecular weight excluding hydrogens is 410 g/mol. The van der Waals surface area contributed by atoms with Crippen LogP contribution in [0, 0.1) is 0 Å². The Morgan fingerprint density at radius 2 is 2.06 bits per heavy atom. The average molecular weight is 429 g/mol. The molecule has 3 amide bonds. The van der Waals surface area contributed by atoms with Crippen LogP contribution in [0.5, 0.6) is 5.75 Å². The number of fused-ring (bicyclic) bond motifs is 2. The first kappa shape index (κ1) is 18.4. The van der Waals surface area contributed by atoms with Crippen molar-refractivity contribution in [1.29, 1.82) is 0 Å². The summed E-state index contributed by atoms with van der Waals surface area (Å²) < 4.78 is 9.10. The lowest BCUT2D eigenvalue weighted by Gasteiger charge is -2.12. The molecule has 2 fully saturated rings. The number of urea groups is 1. The van der Waals surface area contributed by atoms with Gasteiger partial charge in [0.25, 0.3) is 5.91 Å². The van der Waals surface area contributed by atoms with Crippen molar-refractivity contribution in [2.24, 2.45) is 0 Å². The summed E-state index contributed by atoms with van der Waals surface area (Å²) in [5.74, 6) is 1.78. The summed E-state index contributed by atoms with van der Waals surface area (Å²) in [5, 5.41) is 13.7. The number of nitrogens with zero attached hydrogens (tertiary/aromatic N) is 4. The highest BCUT2D eigenvalue weighted by Crippen LogP contribution is 2.29. The van der Waals surface area contributed by atoms with Gasteiger partial charge in [0.05, 0.1) is 18.8 Å². The SMILES string of the molecule is COc1ccc2ccn(-c3cc(NC4CC4)n4ncc(/C=C5\NC(=O)NC5=O)c4n3)c2c1. The van der Waals surface area contributed by atoms with Crippen LogP contribution in [0.3, 0.4) is 0 Å². The third-order valence-corrected chi connectivity index (χ3v) is 5.58. The molecule has 0 atom stereocenters. The summed E-state index contributed by atoms with van der Waals surface area (Å²) in [5.41, 5.74) is 2.30. The number of aromatic nitrogens is 4. The molecule has 0 spiro atoms. The lowest BCUT2D eigenvalue weighted by molar-refractivity contribution is -0.115. The van der Waals surface area contributed by atoms with Gasteiger partial charge in [0.2, 0.25) is 0 Å². The Labute approximate surface area is 181 Å². The third kappa shape index (κ3) is 3.04. The highest BCUT2D eigenvalue weighted by molar-refractivity contribution is 6.14. The van der Waals surface area contributed by atoms with Crippen molar-refractivity contribution < 1.29 is 14.3 Å². The molecule has 3 N–H and O–H groups in total. The quantitative estimate of drug-likeness (QED) is 0.332. The van der Waals surface area contributed by atoms with E-state index in [0.29, 0.717) is 23.1 Å².